The lowest BCUT2D eigenvalue weighted by atomic mass is 10.1. The van der Waals surface area contributed by atoms with Crippen molar-refractivity contribution in [2.75, 3.05) is 13.1 Å². The van der Waals surface area contributed by atoms with Crippen molar-refractivity contribution in [3.05, 3.63) is 0 Å². The molecule has 1 saturated heterocycles. The lowest BCUT2D eigenvalue weighted by Crippen LogP contribution is -2.51. The van der Waals surface area contributed by atoms with Crippen molar-refractivity contribution >= 4 is 11.8 Å². The van der Waals surface area contributed by atoms with E-state index in [1.165, 1.54) is 0 Å². The second kappa shape index (κ2) is 4.06. The van der Waals surface area contributed by atoms with E-state index in [1.54, 1.807) is 0 Å². The van der Waals surface area contributed by atoms with E-state index in [-0.39, 0.29) is 24.4 Å². The van der Waals surface area contributed by atoms with Crippen LogP contribution in [0, 0.1) is 0 Å². The maximum absolute atomic E-state index is 11.1. The molecule has 1 aliphatic heterocycles. The van der Waals surface area contributed by atoms with E-state index < -0.39 is 0 Å². The highest BCUT2D eigenvalue weighted by Crippen LogP contribution is 2.01. The van der Waals surface area contributed by atoms with Crippen LogP contribution in [0.15, 0.2) is 0 Å². The fraction of sp³-hybridized carbons (Fsp3) is 0.714. The van der Waals surface area contributed by atoms with Crippen LogP contribution in [0.25, 0.3) is 0 Å². The van der Waals surface area contributed by atoms with Gasteiger partial charge in [-0.05, 0) is 12.8 Å². The molecule has 4 N–H and O–H groups in total. The van der Waals surface area contributed by atoms with Crippen LogP contribution in [0.2, 0.25) is 0 Å². The van der Waals surface area contributed by atoms with E-state index in [1.807, 2.05) is 0 Å². The summed E-state index contributed by atoms with van der Waals surface area (Å²) in [6.45, 7) is 0.637. The van der Waals surface area contributed by atoms with Gasteiger partial charge in [-0.1, -0.05) is 0 Å². The Morgan fingerprint density at radius 1 is 1.75 bits per heavy atom. The van der Waals surface area contributed by atoms with E-state index in [4.69, 9.17) is 5.73 Å². The molecule has 0 bridgehead atoms. The molecule has 1 fully saturated rings. The van der Waals surface area contributed by atoms with Crippen molar-refractivity contribution in [2.24, 2.45) is 5.73 Å². The minimum Gasteiger partial charge on any atom is -0.354 e. The van der Waals surface area contributed by atoms with Crippen molar-refractivity contribution in [3.63, 3.8) is 0 Å². The van der Waals surface area contributed by atoms with Crippen LogP contribution in [-0.4, -0.2) is 30.9 Å². The molecule has 0 aromatic heterocycles. The molecule has 1 heterocycles. The van der Waals surface area contributed by atoms with Crippen LogP contribution in [0.5, 0.6) is 0 Å². The Morgan fingerprint density at radius 3 is 3.08 bits per heavy atom. The minimum absolute atomic E-state index is 0.0657. The Hall–Kier alpha value is -1.10. The number of carbonyl (C=O) groups is 2. The molecule has 0 spiro atoms. The normalized spacial score (nSPS) is 23.1. The molecule has 1 aliphatic rings. The molecule has 0 saturated carbocycles. The fourth-order valence-electron chi connectivity index (χ4n) is 1.16. The molecule has 0 aromatic rings. The average Bonchev–Trinajstić information content (AvgIpc) is 2.09. The van der Waals surface area contributed by atoms with Crippen molar-refractivity contribution < 1.29 is 9.59 Å². The van der Waals surface area contributed by atoms with Gasteiger partial charge in [-0.25, -0.2) is 0 Å². The first kappa shape index (κ1) is 8.99. The third-order valence-electron chi connectivity index (χ3n) is 1.81. The molecule has 5 nitrogen and oxygen atoms in total. The first-order valence-corrected chi connectivity index (χ1v) is 4.01. The summed E-state index contributed by atoms with van der Waals surface area (Å²) in [7, 11) is 0. The summed E-state index contributed by atoms with van der Waals surface area (Å²) in [5.41, 5.74) is 5.09. The van der Waals surface area contributed by atoms with Gasteiger partial charge in [0.25, 0.3) is 0 Å². The first-order valence-electron chi connectivity index (χ1n) is 4.01. The third-order valence-corrected chi connectivity index (χ3v) is 1.81. The average molecular weight is 171 g/mol. The molecule has 5 heteroatoms. The van der Waals surface area contributed by atoms with E-state index in [9.17, 15) is 9.59 Å². The monoisotopic (exact) mass is 171 g/mol. The van der Waals surface area contributed by atoms with Crippen LogP contribution < -0.4 is 16.4 Å². The zero-order valence-electron chi connectivity index (χ0n) is 6.80. The third kappa shape index (κ3) is 2.20. The molecule has 1 atom stereocenters. The molecule has 0 aliphatic carbocycles. The Morgan fingerprint density at radius 2 is 2.50 bits per heavy atom. The molecular formula is C7H13N3O2. The van der Waals surface area contributed by atoms with E-state index >= 15 is 0 Å². The largest absolute Gasteiger partial charge is 0.354 e. The Labute approximate surface area is 70.7 Å². The number of amides is 2. The van der Waals surface area contributed by atoms with Gasteiger partial charge < -0.3 is 16.4 Å². The van der Waals surface area contributed by atoms with Gasteiger partial charge in [0.1, 0.15) is 6.04 Å². The zero-order valence-corrected chi connectivity index (χ0v) is 6.80. The molecular weight excluding hydrogens is 158 g/mol. The number of nitrogens with two attached hydrogens (primary N) is 1. The van der Waals surface area contributed by atoms with E-state index in [2.05, 4.69) is 10.6 Å². The second-order valence-electron chi connectivity index (χ2n) is 2.76. The Kier molecular flexibility index (Phi) is 3.04. The number of hydrogen-bond donors (Lipinski definition) is 3. The zero-order chi connectivity index (χ0) is 8.97. The lowest BCUT2D eigenvalue weighted by molar-refractivity contribution is -0.129. The number of carbonyl (C=O) groups excluding carboxylic acids is 2. The number of hydrogen-bond acceptors (Lipinski definition) is 3. The Balaban J connectivity index is 2.39. The standard InChI is InChI=1S/C7H13N3O2/c8-4-6(11)10-5-2-1-3-9-7(5)12/h5H,1-4,8H2,(H,9,12)(H,10,11). The molecule has 0 radical (unpaired) electrons. The van der Waals surface area contributed by atoms with Crippen molar-refractivity contribution in [3.8, 4) is 0 Å². The van der Waals surface area contributed by atoms with Gasteiger partial charge in [-0.3, -0.25) is 9.59 Å². The van der Waals surface area contributed by atoms with E-state index in [0.29, 0.717) is 13.0 Å². The SMILES string of the molecule is NCC(=O)NC1CCCNC1=O. The summed E-state index contributed by atoms with van der Waals surface area (Å²) < 4.78 is 0. The summed E-state index contributed by atoms with van der Waals surface area (Å²) >= 11 is 0. The quantitative estimate of drug-likeness (QED) is 0.465. The smallest absolute Gasteiger partial charge is 0.242 e. The summed E-state index contributed by atoms with van der Waals surface area (Å²) in [4.78, 5) is 21.9. The van der Waals surface area contributed by atoms with Crippen LogP contribution >= 0.6 is 0 Å². The summed E-state index contributed by atoms with van der Waals surface area (Å²) in [5, 5.41) is 5.21. The first-order chi connectivity index (χ1) is 5.74. The number of nitrogens with one attached hydrogen (secondary N) is 2. The van der Waals surface area contributed by atoms with Crippen LogP contribution in [0.4, 0.5) is 0 Å². The van der Waals surface area contributed by atoms with Crippen LogP contribution in [0.1, 0.15) is 12.8 Å². The minimum atomic E-state index is -0.380. The van der Waals surface area contributed by atoms with Gasteiger partial charge in [0, 0.05) is 6.54 Å². The van der Waals surface area contributed by atoms with Crippen LogP contribution in [0.3, 0.4) is 0 Å². The molecule has 68 valence electrons. The number of piperidine rings is 1. The van der Waals surface area contributed by atoms with Gasteiger partial charge in [-0.2, -0.15) is 0 Å². The topological polar surface area (TPSA) is 84.2 Å². The highest BCUT2D eigenvalue weighted by molar-refractivity contribution is 5.88. The lowest BCUT2D eigenvalue weighted by Gasteiger charge is -2.22. The molecule has 12 heavy (non-hydrogen) atoms. The summed E-state index contributed by atoms with van der Waals surface area (Å²) in [5.74, 6) is -0.389. The highest BCUT2D eigenvalue weighted by Gasteiger charge is 2.22. The Bertz CT molecular complexity index is 193. The van der Waals surface area contributed by atoms with Crippen molar-refractivity contribution in [1.82, 2.24) is 10.6 Å². The van der Waals surface area contributed by atoms with Gasteiger partial charge in [0.2, 0.25) is 11.8 Å². The molecule has 0 aromatic carbocycles. The van der Waals surface area contributed by atoms with Crippen molar-refractivity contribution in [2.45, 2.75) is 18.9 Å². The number of rotatable bonds is 2. The predicted octanol–water partition coefficient (Wildman–Crippen LogP) is -1.66. The van der Waals surface area contributed by atoms with Crippen LogP contribution in [-0.2, 0) is 9.59 Å². The summed E-state index contributed by atoms with van der Waals surface area (Å²) in [6, 6.07) is -0.380. The molecule has 2 amide bonds. The van der Waals surface area contributed by atoms with Crippen molar-refractivity contribution in [1.29, 1.82) is 0 Å². The van der Waals surface area contributed by atoms with Gasteiger partial charge in [0.15, 0.2) is 0 Å². The highest BCUT2D eigenvalue weighted by atomic mass is 16.2. The second-order valence-corrected chi connectivity index (χ2v) is 2.76. The predicted molar refractivity (Wildman–Crippen MR) is 43.2 cm³/mol. The maximum atomic E-state index is 11.1. The van der Waals surface area contributed by atoms with Gasteiger partial charge in [-0.15, -0.1) is 0 Å². The molecule has 1 unspecified atom stereocenters. The maximum Gasteiger partial charge on any atom is 0.242 e. The fourth-order valence-corrected chi connectivity index (χ4v) is 1.16. The molecule has 1 rings (SSSR count). The van der Waals surface area contributed by atoms with E-state index in [0.717, 1.165) is 6.42 Å². The van der Waals surface area contributed by atoms with Gasteiger partial charge >= 0.3 is 0 Å². The summed E-state index contributed by atoms with van der Waals surface area (Å²) in [6.07, 6.45) is 1.61. The van der Waals surface area contributed by atoms with Gasteiger partial charge in [0.05, 0.1) is 6.54 Å².